The SMILES string of the molecule is CNC(C)Cc1noc(-c2ccc(-c3ccc(F)cc3)s2)n1.Cl. The molecule has 1 aromatic carbocycles. The van der Waals surface area contributed by atoms with E-state index in [1.165, 1.54) is 12.1 Å². The van der Waals surface area contributed by atoms with Crippen molar-refractivity contribution in [1.82, 2.24) is 15.5 Å². The van der Waals surface area contributed by atoms with Gasteiger partial charge in [0, 0.05) is 17.3 Å². The van der Waals surface area contributed by atoms with Gasteiger partial charge in [-0.3, -0.25) is 0 Å². The van der Waals surface area contributed by atoms with Crippen LogP contribution in [0, 0.1) is 5.82 Å². The monoisotopic (exact) mass is 353 g/mol. The number of aromatic nitrogens is 2. The fraction of sp³-hybridized carbons (Fsp3) is 0.250. The second kappa shape index (κ2) is 7.68. The third-order valence-corrected chi connectivity index (χ3v) is 4.52. The topological polar surface area (TPSA) is 51.0 Å². The number of hydrogen-bond acceptors (Lipinski definition) is 5. The van der Waals surface area contributed by atoms with Crippen LogP contribution in [0.1, 0.15) is 12.7 Å². The number of benzene rings is 1. The van der Waals surface area contributed by atoms with Crippen molar-refractivity contribution in [2.75, 3.05) is 7.05 Å². The van der Waals surface area contributed by atoms with Gasteiger partial charge in [-0.1, -0.05) is 17.3 Å². The van der Waals surface area contributed by atoms with E-state index in [0.29, 0.717) is 17.8 Å². The summed E-state index contributed by atoms with van der Waals surface area (Å²) in [6.45, 7) is 2.06. The van der Waals surface area contributed by atoms with Gasteiger partial charge in [0.25, 0.3) is 5.89 Å². The van der Waals surface area contributed by atoms with Gasteiger partial charge in [-0.05, 0) is 43.8 Å². The van der Waals surface area contributed by atoms with E-state index in [4.69, 9.17) is 4.52 Å². The van der Waals surface area contributed by atoms with Crippen molar-refractivity contribution in [3.8, 4) is 21.2 Å². The molecule has 2 aromatic heterocycles. The molecule has 23 heavy (non-hydrogen) atoms. The van der Waals surface area contributed by atoms with Gasteiger partial charge in [0.1, 0.15) is 5.82 Å². The van der Waals surface area contributed by atoms with Gasteiger partial charge in [0.2, 0.25) is 0 Å². The molecular weight excluding hydrogens is 337 g/mol. The number of halogens is 2. The Kier molecular flexibility index (Phi) is 5.87. The zero-order valence-electron chi connectivity index (χ0n) is 12.7. The third-order valence-electron chi connectivity index (χ3n) is 3.40. The Balaban J connectivity index is 0.00000192. The van der Waals surface area contributed by atoms with Crippen LogP contribution in [0.5, 0.6) is 0 Å². The van der Waals surface area contributed by atoms with Crippen molar-refractivity contribution in [3.63, 3.8) is 0 Å². The summed E-state index contributed by atoms with van der Waals surface area (Å²) in [6.07, 6.45) is 0.718. The first kappa shape index (κ1) is 17.6. The number of hydrogen-bond donors (Lipinski definition) is 1. The molecule has 0 saturated heterocycles. The molecule has 0 aliphatic carbocycles. The smallest absolute Gasteiger partial charge is 0.268 e. The highest BCUT2D eigenvalue weighted by Gasteiger charge is 2.13. The summed E-state index contributed by atoms with van der Waals surface area (Å²) >= 11 is 1.55. The molecule has 3 rings (SSSR count). The summed E-state index contributed by atoms with van der Waals surface area (Å²) in [4.78, 5) is 6.37. The van der Waals surface area contributed by atoms with E-state index in [9.17, 15) is 4.39 Å². The van der Waals surface area contributed by atoms with Crippen LogP contribution in [-0.4, -0.2) is 23.2 Å². The number of nitrogens with one attached hydrogen (secondary N) is 1. The fourth-order valence-electron chi connectivity index (χ4n) is 2.04. The van der Waals surface area contributed by atoms with E-state index in [-0.39, 0.29) is 18.2 Å². The summed E-state index contributed by atoms with van der Waals surface area (Å²) in [5.74, 6) is 0.978. The van der Waals surface area contributed by atoms with Crippen LogP contribution in [0.3, 0.4) is 0 Å². The van der Waals surface area contributed by atoms with E-state index in [1.807, 2.05) is 19.2 Å². The van der Waals surface area contributed by atoms with Gasteiger partial charge in [0.15, 0.2) is 5.82 Å². The van der Waals surface area contributed by atoms with Gasteiger partial charge in [0.05, 0.1) is 4.88 Å². The maximum absolute atomic E-state index is 13.0. The molecular formula is C16H17ClFN3OS. The van der Waals surface area contributed by atoms with Crippen LogP contribution in [0.4, 0.5) is 4.39 Å². The standard InChI is InChI=1S/C16H16FN3OS.ClH/c1-10(18-2)9-15-19-16(21-20-15)14-8-7-13(22-14)11-3-5-12(17)6-4-11;/h3-8,10,18H,9H2,1-2H3;1H. The number of thiophene rings is 1. The molecule has 1 unspecified atom stereocenters. The number of rotatable bonds is 5. The quantitative estimate of drug-likeness (QED) is 0.747. The predicted molar refractivity (Wildman–Crippen MR) is 92.5 cm³/mol. The Morgan fingerprint density at radius 2 is 1.87 bits per heavy atom. The summed E-state index contributed by atoms with van der Waals surface area (Å²) in [5, 5.41) is 7.15. The number of nitrogens with zero attached hydrogens (tertiary/aromatic N) is 2. The first-order valence-corrected chi connectivity index (χ1v) is 7.83. The molecule has 7 heteroatoms. The molecule has 4 nitrogen and oxygen atoms in total. The highest BCUT2D eigenvalue weighted by molar-refractivity contribution is 7.18. The Labute approximate surface area is 144 Å². The predicted octanol–water partition coefficient (Wildman–Crippen LogP) is 4.18. The van der Waals surface area contributed by atoms with Gasteiger partial charge in [-0.25, -0.2) is 4.39 Å². The van der Waals surface area contributed by atoms with Crippen LogP contribution in [0.2, 0.25) is 0 Å². The van der Waals surface area contributed by atoms with Crippen LogP contribution in [0.15, 0.2) is 40.9 Å². The van der Waals surface area contributed by atoms with E-state index in [1.54, 1.807) is 23.5 Å². The van der Waals surface area contributed by atoms with E-state index >= 15 is 0 Å². The molecule has 0 amide bonds. The van der Waals surface area contributed by atoms with Crippen LogP contribution >= 0.6 is 23.7 Å². The van der Waals surface area contributed by atoms with Gasteiger partial charge < -0.3 is 9.84 Å². The summed E-state index contributed by atoms with van der Waals surface area (Å²) < 4.78 is 18.3. The Morgan fingerprint density at radius 1 is 1.17 bits per heavy atom. The van der Waals surface area contributed by atoms with Gasteiger partial charge in [-0.2, -0.15) is 4.98 Å². The molecule has 0 aliphatic rings. The lowest BCUT2D eigenvalue weighted by Gasteiger charge is -2.04. The molecule has 0 aliphatic heterocycles. The van der Waals surface area contributed by atoms with Crippen molar-refractivity contribution in [2.45, 2.75) is 19.4 Å². The second-order valence-electron chi connectivity index (χ2n) is 5.08. The lowest BCUT2D eigenvalue weighted by Crippen LogP contribution is -2.24. The fourth-order valence-corrected chi connectivity index (χ4v) is 2.97. The first-order chi connectivity index (χ1) is 10.7. The molecule has 122 valence electrons. The Hall–Kier alpha value is -1.76. The Bertz CT molecular complexity index is 757. The molecule has 1 N–H and O–H groups in total. The minimum atomic E-state index is -0.235. The first-order valence-electron chi connectivity index (χ1n) is 7.01. The maximum Gasteiger partial charge on any atom is 0.268 e. The van der Waals surface area contributed by atoms with Crippen molar-refractivity contribution >= 4 is 23.7 Å². The normalized spacial score (nSPS) is 12.0. The second-order valence-corrected chi connectivity index (χ2v) is 6.16. The lowest BCUT2D eigenvalue weighted by atomic mass is 10.2. The molecule has 2 heterocycles. The zero-order chi connectivity index (χ0) is 15.5. The van der Waals surface area contributed by atoms with Crippen LogP contribution in [-0.2, 0) is 6.42 Å². The van der Waals surface area contributed by atoms with E-state index in [2.05, 4.69) is 22.4 Å². The number of likely N-dealkylation sites (N-methyl/N-ethyl adjacent to an activating group) is 1. The van der Waals surface area contributed by atoms with Crippen molar-refractivity contribution in [1.29, 1.82) is 0 Å². The van der Waals surface area contributed by atoms with Gasteiger partial charge >= 0.3 is 0 Å². The average molecular weight is 354 g/mol. The maximum atomic E-state index is 13.0. The average Bonchev–Trinajstić information content (AvgIpc) is 3.17. The molecule has 0 fully saturated rings. The minimum absolute atomic E-state index is 0. The zero-order valence-corrected chi connectivity index (χ0v) is 14.4. The highest BCUT2D eigenvalue weighted by Crippen LogP contribution is 2.33. The third kappa shape index (κ3) is 4.16. The van der Waals surface area contributed by atoms with Crippen molar-refractivity contribution < 1.29 is 8.91 Å². The van der Waals surface area contributed by atoms with Crippen LogP contribution < -0.4 is 5.32 Å². The molecule has 1 atom stereocenters. The van der Waals surface area contributed by atoms with E-state index in [0.717, 1.165) is 21.7 Å². The molecule has 0 radical (unpaired) electrons. The highest BCUT2D eigenvalue weighted by atomic mass is 35.5. The molecule has 0 spiro atoms. The van der Waals surface area contributed by atoms with Crippen molar-refractivity contribution in [2.24, 2.45) is 0 Å². The summed E-state index contributed by atoms with van der Waals surface area (Å²) in [6, 6.07) is 10.7. The molecule has 0 saturated carbocycles. The van der Waals surface area contributed by atoms with Crippen LogP contribution in [0.25, 0.3) is 21.2 Å². The Morgan fingerprint density at radius 3 is 2.57 bits per heavy atom. The summed E-state index contributed by atoms with van der Waals surface area (Å²) in [5.41, 5.74) is 0.973. The van der Waals surface area contributed by atoms with E-state index < -0.39 is 0 Å². The lowest BCUT2D eigenvalue weighted by molar-refractivity contribution is 0.419. The largest absolute Gasteiger partial charge is 0.333 e. The molecule has 0 bridgehead atoms. The van der Waals surface area contributed by atoms with Gasteiger partial charge in [-0.15, -0.1) is 23.7 Å². The summed E-state index contributed by atoms with van der Waals surface area (Å²) in [7, 11) is 1.90. The van der Waals surface area contributed by atoms with Crippen molar-refractivity contribution in [3.05, 3.63) is 48.0 Å². The minimum Gasteiger partial charge on any atom is -0.333 e. The molecule has 3 aromatic rings.